The Morgan fingerprint density at radius 3 is 2.12 bits per heavy atom. The highest BCUT2D eigenvalue weighted by atomic mass is 32.4. The minimum absolute atomic E-state index is 0.498. The van der Waals surface area contributed by atoms with Crippen LogP contribution >= 0.6 is 11.5 Å². The first kappa shape index (κ1) is 8.53. The van der Waals surface area contributed by atoms with Crippen molar-refractivity contribution in [1.82, 2.24) is 0 Å². The van der Waals surface area contributed by atoms with Gasteiger partial charge in [0.15, 0.2) is 0 Å². The fourth-order valence-corrected chi connectivity index (χ4v) is 1.92. The highest BCUT2D eigenvalue weighted by Crippen LogP contribution is 2.08. The van der Waals surface area contributed by atoms with Gasteiger partial charge in [0.1, 0.15) is 9.39 Å². The van der Waals surface area contributed by atoms with E-state index in [4.69, 9.17) is 4.18 Å². The Bertz CT molecular complexity index is 47.7. The van der Waals surface area contributed by atoms with Crippen molar-refractivity contribution < 1.29 is 4.18 Å². The van der Waals surface area contributed by atoms with Crippen molar-refractivity contribution in [2.45, 2.75) is 32.8 Å². The molecule has 3 heteroatoms. The average molecular weight is 150 g/mol. The van der Waals surface area contributed by atoms with E-state index in [1.807, 2.05) is 0 Å². The molecule has 8 heavy (non-hydrogen) atoms. The van der Waals surface area contributed by atoms with Crippen molar-refractivity contribution in [3.8, 4) is 0 Å². The van der Waals surface area contributed by atoms with Gasteiger partial charge < -0.3 is 4.18 Å². The van der Waals surface area contributed by atoms with Crippen LogP contribution in [0.5, 0.6) is 0 Å². The zero-order valence-electron chi connectivity index (χ0n) is 5.81. The summed E-state index contributed by atoms with van der Waals surface area (Å²) in [5.74, 6) is 0. The van der Waals surface area contributed by atoms with Crippen molar-refractivity contribution in [3.63, 3.8) is 0 Å². The van der Waals surface area contributed by atoms with Crippen LogP contribution in [0.25, 0.3) is 0 Å². The van der Waals surface area contributed by atoms with Gasteiger partial charge in [0, 0.05) is 0 Å². The smallest absolute Gasteiger partial charge is 0.105 e. The molecule has 0 aromatic heterocycles. The van der Waals surface area contributed by atoms with Crippen LogP contribution in [0, 0.1) is 0 Å². The first-order chi connectivity index (χ1) is 3.85. The lowest BCUT2D eigenvalue weighted by molar-refractivity contribution is 0.234. The van der Waals surface area contributed by atoms with Gasteiger partial charge in [0.05, 0.1) is 6.10 Å². The van der Waals surface area contributed by atoms with Gasteiger partial charge in [-0.1, -0.05) is 25.3 Å². The minimum atomic E-state index is 0.498. The molecule has 0 radical (unpaired) electrons. The van der Waals surface area contributed by atoms with Gasteiger partial charge >= 0.3 is 0 Å². The fourth-order valence-electron chi connectivity index (χ4n) is 0.561. The van der Waals surface area contributed by atoms with Crippen LogP contribution < -0.4 is 0 Å². The molecule has 0 amide bonds. The summed E-state index contributed by atoms with van der Waals surface area (Å²) in [6.45, 7) is 4.32. The predicted octanol–water partition coefficient (Wildman–Crippen LogP) is 1.12. The molecule has 0 atom stereocenters. The van der Waals surface area contributed by atoms with E-state index in [0.29, 0.717) is 6.10 Å². The summed E-state index contributed by atoms with van der Waals surface area (Å²) in [7, 11) is 1.09. The molecule has 0 aromatic rings. The first-order valence-electron chi connectivity index (χ1n) is 3.04. The highest BCUT2D eigenvalue weighted by Gasteiger charge is 1.99. The molecule has 0 spiro atoms. The van der Waals surface area contributed by atoms with E-state index >= 15 is 0 Å². The Labute approximate surface area is 58.5 Å². The molecule has 0 aliphatic carbocycles. The zero-order valence-corrected chi connectivity index (χ0v) is 8.62. The van der Waals surface area contributed by atoms with Gasteiger partial charge in [0.25, 0.3) is 0 Å². The highest BCUT2D eigenvalue weighted by molar-refractivity contribution is 8.15. The molecule has 0 rings (SSSR count). The Morgan fingerprint density at radius 1 is 1.50 bits per heavy atom. The maximum absolute atomic E-state index is 5.32. The Kier molecular flexibility index (Phi) is 6.03. The van der Waals surface area contributed by atoms with E-state index in [9.17, 15) is 0 Å². The molecule has 1 nitrogen and oxygen atoms in total. The molecule has 0 bridgehead atoms. The molecular weight excluding hydrogens is 136 g/mol. The van der Waals surface area contributed by atoms with Gasteiger partial charge in [-0.3, -0.25) is 0 Å². The second-order valence-electron chi connectivity index (χ2n) is 1.70. The fraction of sp³-hybridized carbons (Fsp3) is 1.00. The first-order valence-corrected chi connectivity index (χ1v) is 6.64. The number of hydrogen-bond acceptors (Lipinski definition) is 2. The van der Waals surface area contributed by atoms with E-state index in [1.165, 1.54) is 0 Å². The molecule has 0 saturated heterocycles. The van der Waals surface area contributed by atoms with Gasteiger partial charge in [-0.05, 0) is 12.8 Å². The van der Waals surface area contributed by atoms with Gasteiger partial charge in [-0.2, -0.15) is 0 Å². The summed E-state index contributed by atoms with van der Waals surface area (Å²) >= 11 is 1.60. The Hall–Kier alpha value is 0.527. The van der Waals surface area contributed by atoms with E-state index in [1.54, 1.807) is 11.5 Å². The van der Waals surface area contributed by atoms with Crippen molar-refractivity contribution in [2.24, 2.45) is 0 Å². The average Bonchev–Trinajstić information content (AvgIpc) is 1.83. The predicted molar refractivity (Wildman–Crippen MR) is 43.0 cm³/mol. The summed E-state index contributed by atoms with van der Waals surface area (Å²) in [4.78, 5) is 0. The quantitative estimate of drug-likeness (QED) is 0.439. The Morgan fingerprint density at radius 2 is 2.00 bits per heavy atom. The second-order valence-corrected chi connectivity index (χ2v) is 3.23. The Balaban J connectivity index is 3.07. The lowest BCUT2D eigenvalue weighted by Gasteiger charge is -2.09. The third-order valence-electron chi connectivity index (χ3n) is 1.14. The standard InChI is InChI=1S/C5H14OSSi/c1-3-5(4-2)6-7-8/h5H,3-4H2,1-2,8H3. The topological polar surface area (TPSA) is 9.23 Å². The summed E-state index contributed by atoms with van der Waals surface area (Å²) in [6, 6.07) is 0. The SMILES string of the molecule is CCC(CC)OS[SiH3]. The largest absolute Gasteiger partial charge is 0.320 e. The third kappa shape index (κ3) is 3.52. The number of hydrogen-bond donors (Lipinski definition) is 0. The molecule has 0 saturated carbocycles. The summed E-state index contributed by atoms with van der Waals surface area (Å²) in [5, 5.41) is 0. The van der Waals surface area contributed by atoms with Crippen LogP contribution in [0.3, 0.4) is 0 Å². The van der Waals surface area contributed by atoms with E-state index in [-0.39, 0.29) is 0 Å². The van der Waals surface area contributed by atoms with Gasteiger partial charge in [0.2, 0.25) is 0 Å². The summed E-state index contributed by atoms with van der Waals surface area (Å²) in [5.41, 5.74) is 0. The maximum Gasteiger partial charge on any atom is 0.105 e. The minimum Gasteiger partial charge on any atom is -0.320 e. The molecule has 0 aliphatic heterocycles. The van der Waals surface area contributed by atoms with Crippen LogP contribution in [0.1, 0.15) is 26.7 Å². The monoisotopic (exact) mass is 150 g/mol. The summed E-state index contributed by atoms with van der Waals surface area (Å²) < 4.78 is 5.32. The van der Waals surface area contributed by atoms with Crippen LogP contribution in [0.4, 0.5) is 0 Å². The lowest BCUT2D eigenvalue weighted by Crippen LogP contribution is -2.04. The molecule has 0 fully saturated rings. The van der Waals surface area contributed by atoms with E-state index in [2.05, 4.69) is 13.8 Å². The zero-order chi connectivity index (χ0) is 6.41. The van der Waals surface area contributed by atoms with Gasteiger partial charge in [-0.25, -0.2) is 0 Å². The molecular formula is C5H14OSSi. The molecule has 50 valence electrons. The van der Waals surface area contributed by atoms with Crippen LogP contribution in [0.15, 0.2) is 0 Å². The lowest BCUT2D eigenvalue weighted by atomic mass is 10.2. The molecule has 0 aromatic carbocycles. The van der Waals surface area contributed by atoms with E-state index < -0.39 is 0 Å². The summed E-state index contributed by atoms with van der Waals surface area (Å²) in [6.07, 6.45) is 2.79. The normalized spacial score (nSPS) is 10.9. The molecule has 0 unspecified atom stereocenters. The van der Waals surface area contributed by atoms with Crippen molar-refractivity contribution in [1.29, 1.82) is 0 Å². The van der Waals surface area contributed by atoms with Crippen LogP contribution in [-0.4, -0.2) is 15.5 Å². The third-order valence-corrected chi connectivity index (χ3v) is 2.18. The second kappa shape index (κ2) is 5.66. The van der Waals surface area contributed by atoms with Crippen LogP contribution in [0.2, 0.25) is 0 Å². The van der Waals surface area contributed by atoms with Crippen LogP contribution in [-0.2, 0) is 4.18 Å². The molecule has 0 N–H and O–H groups in total. The molecule has 0 heterocycles. The maximum atomic E-state index is 5.32. The van der Waals surface area contributed by atoms with Crippen molar-refractivity contribution in [3.05, 3.63) is 0 Å². The van der Waals surface area contributed by atoms with E-state index in [0.717, 1.165) is 22.2 Å². The van der Waals surface area contributed by atoms with Crippen molar-refractivity contribution in [2.75, 3.05) is 0 Å². The number of rotatable bonds is 4. The molecule has 0 aliphatic rings. The van der Waals surface area contributed by atoms with Crippen molar-refractivity contribution >= 4 is 20.9 Å². The van der Waals surface area contributed by atoms with Gasteiger partial charge in [-0.15, -0.1) is 0 Å².